The summed E-state index contributed by atoms with van der Waals surface area (Å²) >= 11 is 3.35. The second-order valence-corrected chi connectivity index (χ2v) is 7.74. The second-order valence-electron chi connectivity index (χ2n) is 5.20. The Morgan fingerprint density at radius 1 is 1.25 bits per heavy atom. The van der Waals surface area contributed by atoms with E-state index in [4.69, 9.17) is 0 Å². The van der Waals surface area contributed by atoms with Crippen LogP contribution in [0.25, 0.3) is 0 Å². The van der Waals surface area contributed by atoms with Crippen molar-refractivity contribution in [3.8, 4) is 0 Å². The van der Waals surface area contributed by atoms with Crippen molar-refractivity contribution in [3.05, 3.63) is 28.2 Å². The van der Waals surface area contributed by atoms with Crippen LogP contribution in [0.5, 0.6) is 0 Å². The number of halogens is 1. The van der Waals surface area contributed by atoms with Crippen molar-refractivity contribution < 1.29 is 8.42 Å². The molecule has 1 aromatic carbocycles. The van der Waals surface area contributed by atoms with E-state index in [1.807, 2.05) is 39.8 Å². The summed E-state index contributed by atoms with van der Waals surface area (Å²) in [6.45, 7) is 9.49. The van der Waals surface area contributed by atoms with Gasteiger partial charge in [0.2, 0.25) is 10.0 Å². The molecular formula is C14H23BrN2O2S. The molecule has 1 unspecified atom stereocenters. The van der Waals surface area contributed by atoms with Crippen molar-refractivity contribution in [1.82, 2.24) is 10.0 Å². The Balaban J connectivity index is 2.96. The van der Waals surface area contributed by atoms with Crippen LogP contribution in [0.1, 0.15) is 33.3 Å². The van der Waals surface area contributed by atoms with Crippen LogP contribution in [0.2, 0.25) is 0 Å². The topological polar surface area (TPSA) is 58.2 Å². The zero-order chi connectivity index (χ0) is 15.3. The fourth-order valence-electron chi connectivity index (χ4n) is 1.59. The first-order valence-corrected chi connectivity index (χ1v) is 9.07. The van der Waals surface area contributed by atoms with Gasteiger partial charge < -0.3 is 5.32 Å². The molecule has 0 spiro atoms. The van der Waals surface area contributed by atoms with Gasteiger partial charge in [0.25, 0.3) is 0 Å². The Bertz CT molecular complexity index is 544. The minimum absolute atomic E-state index is 0.103. The molecule has 0 radical (unpaired) electrons. The average molecular weight is 363 g/mol. The standard InChI is InChI=1S/C14H23BrN2O2S/c1-5-16-9-12-6-7-14(13(15)8-12)20(18,19)17-11(4)10(2)3/h6-8,10-11,16-17H,5,9H2,1-4H3. The van der Waals surface area contributed by atoms with Crippen LogP contribution in [-0.4, -0.2) is 21.0 Å². The van der Waals surface area contributed by atoms with Crippen molar-refractivity contribution in [2.75, 3.05) is 6.54 Å². The van der Waals surface area contributed by atoms with Gasteiger partial charge in [-0.2, -0.15) is 0 Å². The summed E-state index contributed by atoms with van der Waals surface area (Å²) in [5.41, 5.74) is 1.05. The second kappa shape index (κ2) is 7.54. The monoisotopic (exact) mass is 362 g/mol. The predicted octanol–water partition coefficient (Wildman–Crippen LogP) is 2.88. The Morgan fingerprint density at radius 2 is 1.90 bits per heavy atom. The summed E-state index contributed by atoms with van der Waals surface area (Å²) in [7, 11) is -3.49. The molecule has 0 fully saturated rings. The Hall–Kier alpha value is -0.430. The van der Waals surface area contributed by atoms with Crippen molar-refractivity contribution in [1.29, 1.82) is 0 Å². The summed E-state index contributed by atoms with van der Waals surface area (Å²) in [6, 6.07) is 5.22. The van der Waals surface area contributed by atoms with Gasteiger partial charge in [-0.3, -0.25) is 0 Å². The molecule has 0 heterocycles. The normalized spacial score (nSPS) is 13.7. The smallest absolute Gasteiger partial charge is 0.241 e. The van der Waals surface area contributed by atoms with E-state index in [0.29, 0.717) is 4.47 Å². The lowest BCUT2D eigenvalue weighted by Gasteiger charge is -2.18. The van der Waals surface area contributed by atoms with Crippen molar-refractivity contribution in [2.24, 2.45) is 5.92 Å². The molecule has 114 valence electrons. The quantitative estimate of drug-likeness (QED) is 0.783. The fourth-order valence-corrected chi connectivity index (χ4v) is 4.10. The fraction of sp³-hybridized carbons (Fsp3) is 0.571. The first-order chi connectivity index (χ1) is 9.27. The largest absolute Gasteiger partial charge is 0.313 e. The number of nitrogens with one attached hydrogen (secondary N) is 2. The molecule has 1 rings (SSSR count). The molecule has 1 atom stereocenters. The number of hydrogen-bond acceptors (Lipinski definition) is 3. The molecule has 0 aliphatic rings. The van der Waals surface area contributed by atoms with Gasteiger partial charge in [-0.05, 0) is 53.0 Å². The van der Waals surface area contributed by atoms with Crippen LogP contribution in [0.3, 0.4) is 0 Å². The molecule has 0 aromatic heterocycles. The molecule has 4 nitrogen and oxygen atoms in total. The molecule has 0 aliphatic carbocycles. The van der Waals surface area contributed by atoms with Crippen molar-refractivity contribution in [3.63, 3.8) is 0 Å². The summed E-state index contributed by atoms with van der Waals surface area (Å²) in [5, 5.41) is 3.21. The van der Waals surface area contributed by atoms with E-state index in [1.165, 1.54) is 0 Å². The molecular weight excluding hydrogens is 340 g/mol. The lowest BCUT2D eigenvalue weighted by Crippen LogP contribution is -2.36. The van der Waals surface area contributed by atoms with Crippen molar-refractivity contribution >= 4 is 26.0 Å². The van der Waals surface area contributed by atoms with E-state index in [0.717, 1.165) is 18.7 Å². The highest BCUT2D eigenvalue weighted by molar-refractivity contribution is 9.10. The zero-order valence-electron chi connectivity index (χ0n) is 12.4. The highest BCUT2D eigenvalue weighted by Gasteiger charge is 2.21. The molecule has 0 saturated carbocycles. The van der Waals surface area contributed by atoms with Crippen LogP contribution in [0.4, 0.5) is 0 Å². The van der Waals surface area contributed by atoms with Gasteiger partial charge in [-0.25, -0.2) is 13.1 Å². The third-order valence-electron chi connectivity index (χ3n) is 3.21. The Labute approximate surface area is 130 Å². The molecule has 0 bridgehead atoms. The predicted molar refractivity (Wildman–Crippen MR) is 86.1 cm³/mol. The first-order valence-electron chi connectivity index (χ1n) is 6.79. The number of sulfonamides is 1. The maximum atomic E-state index is 12.3. The van der Waals surface area contributed by atoms with Crippen LogP contribution >= 0.6 is 15.9 Å². The van der Waals surface area contributed by atoms with Gasteiger partial charge in [0.15, 0.2) is 0 Å². The summed E-state index contributed by atoms with van der Waals surface area (Å²) in [4.78, 5) is 0.283. The molecule has 2 N–H and O–H groups in total. The molecule has 20 heavy (non-hydrogen) atoms. The Kier molecular flexibility index (Phi) is 6.64. The number of benzene rings is 1. The highest BCUT2D eigenvalue weighted by atomic mass is 79.9. The van der Waals surface area contributed by atoms with Gasteiger partial charge in [-0.15, -0.1) is 0 Å². The number of rotatable bonds is 7. The molecule has 1 aromatic rings. The molecule has 6 heteroatoms. The van der Waals surface area contributed by atoms with E-state index >= 15 is 0 Å². The van der Waals surface area contributed by atoms with Crippen molar-refractivity contribution in [2.45, 2.75) is 45.2 Å². The van der Waals surface area contributed by atoms with Gasteiger partial charge in [-0.1, -0.05) is 26.8 Å². The summed E-state index contributed by atoms with van der Waals surface area (Å²) < 4.78 is 28.0. The van der Waals surface area contributed by atoms with E-state index in [-0.39, 0.29) is 16.9 Å². The van der Waals surface area contributed by atoms with Crippen LogP contribution in [0.15, 0.2) is 27.6 Å². The van der Waals surface area contributed by atoms with E-state index in [2.05, 4.69) is 26.0 Å². The zero-order valence-corrected chi connectivity index (χ0v) is 14.8. The van der Waals surface area contributed by atoms with E-state index < -0.39 is 10.0 Å². The van der Waals surface area contributed by atoms with Crippen LogP contribution in [0, 0.1) is 5.92 Å². The maximum Gasteiger partial charge on any atom is 0.241 e. The summed E-state index contributed by atoms with van der Waals surface area (Å²) in [6.07, 6.45) is 0. The third kappa shape index (κ3) is 4.84. The molecule has 0 amide bonds. The average Bonchev–Trinajstić information content (AvgIpc) is 2.35. The number of hydrogen-bond donors (Lipinski definition) is 2. The minimum atomic E-state index is -3.49. The minimum Gasteiger partial charge on any atom is -0.313 e. The Morgan fingerprint density at radius 3 is 2.40 bits per heavy atom. The van der Waals surface area contributed by atoms with Gasteiger partial charge in [0.1, 0.15) is 0 Å². The van der Waals surface area contributed by atoms with Crippen LogP contribution < -0.4 is 10.0 Å². The lowest BCUT2D eigenvalue weighted by molar-refractivity contribution is 0.476. The van der Waals surface area contributed by atoms with E-state index in [1.54, 1.807) is 6.07 Å². The molecule has 0 saturated heterocycles. The SMILES string of the molecule is CCNCc1ccc(S(=O)(=O)NC(C)C(C)C)c(Br)c1. The lowest BCUT2D eigenvalue weighted by atomic mass is 10.1. The van der Waals surface area contributed by atoms with Gasteiger partial charge in [0.05, 0.1) is 4.90 Å². The van der Waals surface area contributed by atoms with Gasteiger partial charge in [0, 0.05) is 17.1 Å². The highest BCUT2D eigenvalue weighted by Crippen LogP contribution is 2.24. The first kappa shape index (κ1) is 17.6. The third-order valence-corrected chi connectivity index (χ3v) is 5.74. The molecule has 0 aliphatic heterocycles. The van der Waals surface area contributed by atoms with E-state index in [9.17, 15) is 8.42 Å². The van der Waals surface area contributed by atoms with Crippen LogP contribution in [-0.2, 0) is 16.6 Å². The van der Waals surface area contributed by atoms with Gasteiger partial charge >= 0.3 is 0 Å². The maximum absolute atomic E-state index is 12.3. The summed E-state index contributed by atoms with van der Waals surface area (Å²) in [5.74, 6) is 0.247.